The van der Waals surface area contributed by atoms with E-state index in [1.807, 2.05) is 27.7 Å². The van der Waals surface area contributed by atoms with Crippen LogP contribution >= 0.6 is 0 Å². The van der Waals surface area contributed by atoms with Crippen LogP contribution in [0, 0.1) is 5.92 Å². The molecule has 2 aliphatic rings. The van der Waals surface area contributed by atoms with Crippen molar-refractivity contribution in [3.63, 3.8) is 0 Å². The van der Waals surface area contributed by atoms with Crippen molar-refractivity contribution in [3.8, 4) is 0 Å². The molecule has 2 fully saturated rings. The molecule has 0 spiro atoms. The summed E-state index contributed by atoms with van der Waals surface area (Å²) in [5, 5.41) is 15.6. The van der Waals surface area contributed by atoms with Gasteiger partial charge in [-0.2, -0.15) is 0 Å². The zero-order valence-corrected chi connectivity index (χ0v) is 19.1. The molecule has 0 aromatic heterocycles. The zero-order chi connectivity index (χ0) is 22.5. The van der Waals surface area contributed by atoms with Gasteiger partial charge >= 0.3 is 6.09 Å². The molecular formula is C22H39N3O5. The van der Waals surface area contributed by atoms with Crippen LogP contribution in [0.15, 0.2) is 0 Å². The molecule has 2 rings (SSSR count). The molecule has 8 nitrogen and oxygen atoms in total. The Labute approximate surface area is 180 Å². The molecule has 0 radical (unpaired) electrons. The highest BCUT2D eigenvalue weighted by molar-refractivity contribution is 5.90. The molecule has 4 atom stereocenters. The van der Waals surface area contributed by atoms with Crippen LogP contribution in [0.4, 0.5) is 4.79 Å². The van der Waals surface area contributed by atoms with E-state index in [2.05, 4.69) is 17.6 Å². The summed E-state index contributed by atoms with van der Waals surface area (Å²) in [6, 6.07) is -0.451. The number of likely N-dealkylation sites (tertiary alicyclic amines) is 1. The van der Waals surface area contributed by atoms with E-state index in [4.69, 9.17) is 4.74 Å². The minimum atomic E-state index is -1.19. The number of nitrogens with zero attached hydrogens (tertiary/aromatic N) is 1. The summed E-state index contributed by atoms with van der Waals surface area (Å²) in [6.07, 6.45) is 3.94. The van der Waals surface area contributed by atoms with E-state index in [9.17, 15) is 19.5 Å². The molecule has 0 bridgehead atoms. The van der Waals surface area contributed by atoms with Gasteiger partial charge in [-0.3, -0.25) is 14.5 Å². The highest BCUT2D eigenvalue weighted by atomic mass is 16.6. The smallest absolute Gasteiger partial charge is 0.411 e. The first-order chi connectivity index (χ1) is 14.0. The molecule has 172 valence electrons. The van der Waals surface area contributed by atoms with Gasteiger partial charge in [-0.25, -0.2) is 4.79 Å². The summed E-state index contributed by atoms with van der Waals surface area (Å²) in [5.74, 6) is -0.287. The quantitative estimate of drug-likeness (QED) is 0.494. The Kier molecular flexibility index (Phi) is 8.67. The molecule has 1 saturated carbocycles. The molecule has 3 N–H and O–H groups in total. The molecule has 8 heteroatoms. The zero-order valence-electron chi connectivity index (χ0n) is 19.1. The molecule has 0 aromatic carbocycles. The largest absolute Gasteiger partial charge is 0.444 e. The van der Waals surface area contributed by atoms with Gasteiger partial charge in [-0.15, -0.1) is 0 Å². The first-order valence-corrected chi connectivity index (χ1v) is 11.3. The molecule has 4 unspecified atom stereocenters. The molecule has 1 aliphatic heterocycles. The molecular weight excluding hydrogens is 386 g/mol. The van der Waals surface area contributed by atoms with E-state index >= 15 is 0 Å². The highest BCUT2D eigenvalue weighted by Gasteiger charge is 2.45. The maximum atomic E-state index is 12.9. The highest BCUT2D eigenvalue weighted by Crippen LogP contribution is 2.35. The number of carbonyl (C=O) groups is 3. The Hall–Kier alpha value is -1.67. The minimum Gasteiger partial charge on any atom is -0.444 e. The maximum absolute atomic E-state index is 12.9. The molecule has 2 amide bonds. The second-order valence-corrected chi connectivity index (χ2v) is 9.68. The van der Waals surface area contributed by atoms with Crippen LogP contribution in [-0.2, 0) is 14.3 Å². The second-order valence-electron chi connectivity index (χ2n) is 9.68. The number of amides is 2. The predicted molar refractivity (Wildman–Crippen MR) is 114 cm³/mol. The van der Waals surface area contributed by atoms with Crippen molar-refractivity contribution >= 4 is 17.8 Å². The van der Waals surface area contributed by atoms with Crippen molar-refractivity contribution in [3.05, 3.63) is 0 Å². The number of hydrogen-bond acceptors (Lipinski definition) is 6. The average Bonchev–Trinajstić information content (AvgIpc) is 3.39. The van der Waals surface area contributed by atoms with Crippen LogP contribution in [0.25, 0.3) is 0 Å². The van der Waals surface area contributed by atoms with Crippen LogP contribution in [0.2, 0.25) is 0 Å². The Balaban J connectivity index is 1.94. The van der Waals surface area contributed by atoms with E-state index in [0.717, 1.165) is 32.1 Å². The molecule has 1 saturated heterocycles. The summed E-state index contributed by atoms with van der Waals surface area (Å²) in [7, 11) is 0. The molecule has 30 heavy (non-hydrogen) atoms. The van der Waals surface area contributed by atoms with Gasteiger partial charge in [0.2, 0.25) is 5.91 Å². The van der Waals surface area contributed by atoms with E-state index in [-0.39, 0.29) is 36.9 Å². The third-order valence-electron chi connectivity index (χ3n) is 5.75. The fourth-order valence-corrected chi connectivity index (χ4v) is 3.90. The number of aliphatic hydroxyl groups excluding tert-OH is 1. The van der Waals surface area contributed by atoms with Crippen LogP contribution in [0.5, 0.6) is 0 Å². The lowest BCUT2D eigenvalue weighted by Crippen LogP contribution is -2.49. The molecule has 0 aromatic rings. The van der Waals surface area contributed by atoms with Crippen LogP contribution in [-0.4, -0.2) is 70.7 Å². The average molecular weight is 426 g/mol. The van der Waals surface area contributed by atoms with Gasteiger partial charge in [0.1, 0.15) is 11.7 Å². The third kappa shape index (κ3) is 7.23. The number of aliphatic hydroxyl groups is 1. The van der Waals surface area contributed by atoms with Gasteiger partial charge in [0.25, 0.3) is 0 Å². The topological polar surface area (TPSA) is 108 Å². The van der Waals surface area contributed by atoms with Crippen molar-refractivity contribution in [2.45, 2.75) is 103 Å². The van der Waals surface area contributed by atoms with E-state index in [1.54, 1.807) is 4.90 Å². The lowest BCUT2D eigenvalue weighted by Gasteiger charge is -2.31. The normalized spacial score (nSPS) is 25.1. The Morgan fingerprint density at radius 2 is 1.90 bits per heavy atom. The lowest BCUT2D eigenvalue weighted by molar-refractivity contribution is -0.129. The van der Waals surface area contributed by atoms with Crippen LogP contribution in [0.1, 0.15) is 73.1 Å². The molecule has 1 heterocycles. The first kappa shape index (κ1) is 24.6. The number of hydrogen-bond donors (Lipinski definition) is 3. The summed E-state index contributed by atoms with van der Waals surface area (Å²) >= 11 is 0. The van der Waals surface area contributed by atoms with Crippen molar-refractivity contribution in [2.24, 2.45) is 5.92 Å². The van der Waals surface area contributed by atoms with Gasteiger partial charge in [0, 0.05) is 18.6 Å². The van der Waals surface area contributed by atoms with Gasteiger partial charge in [0.05, 0.1) is 12.6 Å². The predicted octanol–water partition coefficient (Wildman–Crippen LogP) is 1.99. The van der Waals surface area contributed by atoms with Gasteiger partial charge < -0.3 is 20.5 Å². The monoisotopic (exact) mass is 425 g/mol. The van der Waals surface area contributed by atoms with Crippen LogP contribution in [0.3, 0.4) is 0 Å². The van der Waals surface area contributed by atoms with Crippen molar-refractivity contribution in [1.82, 2.24) is 15.5 Å². The van der Waals surface area contributed by atoms with Crippen LogP contribution < -0.4 is 10.6 Å². The number of ketones is 1. The summed E-state index contributed by atoms with van der Waals surface area (Å²) in [4.78, 5) is 39.2. The fourth-order valence-electron chi connectivity index (χ4n) is 3.90. The fraction of sp³-hybridized carbons (Fsp3) is 0.864. The first-order valence-electron chi connectivity index (χ1n) is 11.3. The van der Waals surface area contributed by atoms with E-state index in [1.165, 1.54) is 0 Å². The number of carbonyl (C=O) groups excluding carboxylic acids is 3. The van der Waals surface area contributed by atoms with Gasteiger partial charge in [-0.1, -0.05) is 19.8 Å². The Bertz CT molecular complexity index is 614. The Morgan fingerprint density at radius 1 is 1.23 bits per heavy atom. The number of rotatable bonds is 10. The SMILES string of the molecule is CCCCC1CC(C(=O)CNCC(O)C(=O)NC2CC2)N(C(=O)OC(C)(C)C)C1C. The second kappa shape index (κ2) is 10.6. The van der Waals surface area contributed by atoms with Crippen molar-refractivity contribution < 1.29 is 24.2 Å². The maximum Gasteiger partial charge on any atom is 0.411 e. The minimum absolute atomic E-state index is 0.00172. The summed E-state index contributed by atoms with van der Waals surface area (Å²) < 4.78 is 5.56. The van der Waals surface area contributed by atoms with Gasteiger partial charge in [-0.05, 0) is 59.3 Å². The van der Waals surface area contributed by atoms with E-state index in [0.29, 0.717) is 6.42 Å². The van der Waals surface area contributed by atoms with E-state index < -0.39 is 29.7 Å². The number of ether oxygens (including phenoxy) is 1. The Morgan fingerprint density at radius 3 is 2.47 bits per heavy atom. The number of Topliss-reactive ketones (excluding diaryl/α,β-unsaturated/α-hetero) is 1. The standard InChI is InChI=1S/C22H39N3O5/c1-6-7-8-15-11-17(25(14(15)2)21(29)30-22(3,4)5)18(26)12-23-13-19(27)20(28)24-16-9-10-16/h14-17,19,23,27H,6-13H2,1-5H3,(H,24,28). The third-order valence-corrected chi connectivity index (χ3v) is 5.75. The lowest BCUT2D eigenvalue weighted by atomic mass is 9.93. The number of unbranched alkanes of at least 4 members (excludes halogenated alkanes) is 1. The van der Waals surface area contributed by atoms with Gasteiger partial charge in [0.15, 0.2) is 5.78 Å². The van der Waals surface area contributed by atoms with Crippen molar-refractivity contribution in [2.75, 3.05) is 13.1 Å². The number of nitrogens with one attached hydrogen (secondary N) is 2. The summed E-state index contributed by atoms with van der Waals surface area (Å²) in [6.45, 7) is 9.54. The summed E-state index contributed by atoms with van der Waals surface area (Å²) in [5.41, 5.74) is -0.636. The molecule has 1 aliphatic carbocycles. The van der Waals surface area contributed by atoms with Crippen molar-refractivity contribution in [1.29, 1.82) is 0 Å².